The van der Waals surface area contributed by atoms with Gasteiger partial charge in [-0.2, -0.15) is 4.76 Å². The van der Waals surface area contributed by atoms with Crippen molar-refractivity contribution in [3.63, 3.8) is 0 Å². The van der Waals surface area contributed by atoms with Gasteiger partial charge in [-0.15, -0.1) is 0 Å². The predicted molar refractivity (Wildman–Crippen MR) is 74.6 cm³/mol. The summed E-state index contributed by atoms with van der Waals surface area (Å²) in [7, 11) is 0. The number of hydrogen-bond donors (Lipinski definition) is 0. The highest BCUT2D eigenvalue weighted by Crippen LogP contribution is 2.44. The van der Waals surface area contributed by atoms with Crippen molar-refractivity contribution >= 4 is 34.7 Å². The fourth-order valence-electron chi connectivity index (χ4n) is 1.58. The standard InChI is InChI=1S/C13H10NOPS/c15-11-14-16(17,12-7-3-1-4-8-12)13-9-5-2-6-10-13/h1-10H. The first-order chi connectivity index (χ1) is 8.27. The monoisotopic (exact) mass is 259 g/mol. The lowest BCUT2D eigenvalue weighted by atomic mass is 10.4. The molecule has 0 aliphatic heterocycles. The first-order valence-electron chi connectivity index (χ1n) is 5.08. The number of rotatable bonds is 3. The van der Waals surface area contributed by atoms with Crippen molar-refractivity contribution in [2.45, 2.75) is 0 Å². The molecule has 2 aromatic rings. The minimum Gasteiger partial charge on any atom is -0.211 e. The van der Waals surface area contributed by atoms with Gasteiger partial charge in [-0.1, -0.05) is 72.5 Å². The van der Waals surface area contributed by atoms with Gasteiger partial charge < -0.3 is 0 Å². The molecule has 0 saturated heterocycles. The van der Waals surface area contributed by atoms with E-state index in [1.165, 1.54) is 0 Å². The molecule has 0 fully saturated rings. The fraction of sp³-hybridized carbons (Fsp3) is 0. The van der Waals surface area contributed by atoms with Crippen LogP contribution in [-0.4, -0.2) is 6.08 Å². The Morgan fingerprint density at radius 3 is 1.65 bits per heavy atom. The molecule has 0 radical (unpaired) electrons. The van der Waals surface area contributed by atoms with Gasteiger partial charge in [0.05, 0.1) is 0 Å². The molecule has 0 atom stereocenters. The summed E-state index contributed by atoms with van der Waals surface area (Å²) in [6.07, 6.45) is -0.764. The Hall–Kier alpha value is -1.53. The molecule has 0 amide bonds. The summed E-state index contributed by atoms with van der Waals surface area (Å²) in [5.41, 5.74) is 0. The molecular formula is C13H10NOPS. The van der Waals surface area contributed by atoms with E-state index in [0.29, 0.717) is 0 Å². The summed E-state index contributed by atoms with van der Waals surface area (Å²) in [6, 6.07) is 19.1. The molecule has 0 aliphatic rings. The molecule has 17 heavy (non-hydrogen) atoms. The maximum absolute atomic E-state index is 10.6. The van der Waals surface area contributed by atoms with Crippen LogP contribution in [0.5, 0.6) is 0 Å². The van der Waals surface area contributed by atoms with E-state index in [1.807, 2.05) is 60.7 Å². The second-order valence-electron chi connectivity index (χ2n) is 3.44. The second kappa shape index (κ2) is 5.20. The number of hydrogen-bond acceptors (Lipinski definition) is 2. The Bertz CT molecular complexity index is 548. The normalized spacial score (nSPS) is 10.6. The number of benzene rings is 2. The molecule has 0 saturated carbocycles. The van der Waals surface area contributed by atoms with Crippen LogP contribution in [0, 0.1) is 0 Å². The van der Waals surface area contributed by atoms with Crippen molar-refractivity contribution in [1.29, 1.82) is 0 Å². The number of nitrogens with zero attached hydrogens (tertiary/aromatic N) is 1. The van der Waals surface area contributed by atoms with Gasteiger partial charge >= 0.3 is 0 Å². The average Bonchev–Trinajstić information content (AvgIpc) is 2.41. The van der Waals surface area contributed by atoms with Gasteiger partial charge in [0.15, 0.2) is 0 Å². The Balaban J connectivity index is 2.64. The molecular weight excluding hydrogens is 249 g/mol. The molecule has 0 unspecified atom stereocenters. The highest BCUT2D eigenvalue weighted by atomic mass is 32.4. The quantitative estimate of drug-likeness (QED) is 0.481. The maximum atomic E-state index is 10.6. The summed E-state index contributed by atoms with van der Waals surface area (Å²) < 4.78 is 3.92. The van der Waals surface area contributed by atoms with Crippen LogP contribution in [0.1, 0.15) is 0 Å². The van der Waals surface area contributed by atoms with E-state index in [2.05, 4.69) is 4.76 Å². The van der Waals surface area contributed by atoms with Crippen LogP contribution < -0.4 is 10.6 Å². The molecule has 0 spiro atoms. The van der Waals surface area contributed by atoms with Gasteiger partial charge in [0.2, 0.25) is 6.08 Å². The van der Waals surface area contributed by atoms with Crippen LogP contribution >= 0.6 is 6.19 Å². The number of carbonyl (C=O) groups excluding carboxylic acids is 1. The van der Waals surface area contributed by atoms with Gasteiger partial charge in [0, 0.05) is 10.6 Å². The Morgan fingerprint density at radius 2 is 1.29 bits per heavy atom. The van der Waals surface area contributed by atoms with Gasteiger partial charge in [0.1, 0.15) is 6.19 Å². The highest BCUT2D eigenvalue weighted by Gasteiger charge is 2.20. The maximum Gasteiger partial charge on any atom is 0.240 e. The van der Waals surface area contributed by atoms with Gasteiger partial charge in [0.25, 0.3) is 0 Å². The third-order valence-corrected chi connectivity index (χ3v) is 6.26. The van der Waals surface area contributed by atoms with Crippen molar-refractivity contribution in [3.8, 4) is 0 Å². The molecule has 2 nitrogen and oxygen atoms in total. The smallest absolute Gasteiger partial charge is 0.211 e. The largest absolute Gasteiger partial charge is 0.240 e. The second-order valence-corrected chi connectivity index (χ2v) is 7.41. The summed E-state index contributed by atoms with van der Waals surface area (Å²) in [6.45, 7) is 0. The molecule has 4 heteroatoms. The minimum absolute atomic E-state index is 0.907. The third-order valence-electron chi connectivity index (χ3n) is 2.39. The predicted octanol–water partition coefficient (Wildman–Crippen LogP) is 2.37. The lowest BCUT2D eigenvalue weighted by molar-refractivity contribution is 0.566. The SMILES string of the molecule is O=C=NP(=S)(c1ccccc1)c1ccccc1. The Morgan fingerprint density at radius 1 is 0.882 bits per heavy atom. The van der Waals surface area contributed by atoms with Crippen molar-refractivity contribution in [1.82, 2.24) is 0 Å². The van der Waals surface area contributed by atoms with E-state index in [4.69, 9.17) is 11.8 Å². The van der Waals surface area contributed by atoms with Crippen LogP contribution in [0.3, 0.4) is 0 Å². The van der Waals surface area contributed by atoms with Crippen molar-refractivity contribution in [2.75, 3.05) is 0 Å². The van der Waals surface area contributed by atoms with Crippen LogP contribution in [0.25, 0.3) is 0 Å². The average molecular weight is 259 g/mol. The first kappa shape index (κ1) is 11.9. The summed E-state index contributed by atoms with van der Waals surface area (Å²) in [5, 5.41) is 1.81. The molecule has 2 aromatic carbocycles. The fourth-order valence-corrected chi connectivity index (χ4v) is 4.21. The van der Waals surface area contributed by atoms with Gasteiger partial charge in [-0.3, -0.25) is 0 Å². The zero-order chi connectivity index (χ0) is 12.1. The van der Waals surface area contributed by atoms with Crippen molar-refractivity contribution in [3.05, 3.63) is 60.7 Å². The van der Waals surface area contributed by atoms with E-state index in [9.17, 15) is 4.79 Å². The van der Waals surface area contributed by atoms with E-state index < -0.39 is 6.19 Å². The van der Waals surface area contributed by atoms with Gasteiger partial charge in [-0.05, 0) is 0 Å². The lowest BCUT2D eigenvalue weighted by Crippen LogP contribution is -2.13. The third kappa shape index (κ3) is 2.42. The van der Waals surface area contributed by atoms with Crippen LogP contribution in [0.15, 0.2) is 65.4 Å². The van der Waals surface area contributed by atoms with E-state index >= 15 is 0 Å². The van der Waals surface area contributed by atoms with E-state index in [0.717, 1.165) is 10.6 Å². The van der Waals surface area contributed by atoms with Crippen molar-refractivity contribution in [2.24, 2.45) is 4.76 Å². The van der Waals surface area contributed by atoms with Crippen molar-refractivity contribution < 1.29 is 4.79 Å². The minimum atomic E-state index is -2.39. The molecule has 2 rings (SSSR count). The Labute approximate surface area is 105 Å². The van der Waals surface area contributed by atoms with Gasteiger partial charge in [-0.25, -0.2) is 4.79 Å². The van der Waals surface area contributed by atoms with Crippen LogP contribution in [0.4, 0.5) is 0 Å². The lowest BCUT2D eigenvalue weighted by Gasteiger charge is -2.15. The molecule has 0 N–H and O–H groups in total. The van der Waals surface area contributed by atoms with Crippen LogP contribution in [0.2, 0.25) is 0 Å². The zero-order valence-corrected chi connectivity index (χ0v) is 10.7. The summed E-state index contributed by atoms with van der Waals surface area (Å²) in [4.78, 5) is 10.6. The molecule has 0 aliphatic carbocycles. The molecule has 0 bridgehead atoms. The van der Waals surface area contributed by atoms with Crippen LogP contribution in [-0.2, 0) is 16.6 Å². The molecule has 84 valence electrons. The number of isocyanates is 1. The van der Waals surface area contributed by atoms with E-state index in [-0.39, 0.29) is 0 Å². The van der Waals surface area contributed by atoms with E-state index in [1.54, 1.807) is 6.08 Å². The Kier molecular flexibility index (Phi) is 3.65. The highest BCUT2D eigenvalue weighted by molar-refractivity contribution is 8.21. The molecule has 0 heterocycles. The summed E-state index contributed by atoms with van der Waals surface area (Å²) in [5.74, 6) is 0. The first-order valence-corrected chi connectivity index (χ1v) is 7.83. The molecule has 0 aromatic heterocycles. The summed E-state index contributed by atoms with van der Waals surface area (Å²) >= 11 is 5.62. The topological polar surface area (TPSA) is 29.4 Å². The zero-order valence-electron chi connectivity index (χ0n) is 8.98.